The normalized spacial score (nSPS) is 20.3. The Morgan fingerprint density at radius 2 is 1.69 bits per heavy atom. The van der Waals surface area contributed by atoms with Crippen molar-refractivity contribution in [1.82, 2.24) is 9.80 Å². The van der Waals surface area contributed by atoms with Crippen LogP contribution in [0.2, 0.25) is 0 Å². The fourth-order valence-electron chi connectivity index (χ4n) is 4.80. The number of nitrogens with zero attached hydrogens (tertiary/aromatic N) is 2. The summed E-state index contributed by atoms with van der Waals surface area (Å²) in [5.41, 5.74) is 2.60. The van der Waals surface area contributed by atoms with E-state index in [-0.39, 0.29) is 17.4 Å². The maximum atomic E-state index is 13.3. The second kappa shape index (κ2) is 11.7. The van der Waals surface area contributed by atoms with Crippen LogP contribution in [-0.2, 0) is 20.7 Å². The number of amides is 1. The average molecular weight is 493 g/mol. The summed E-state index contributed by atoms with van der Waals surface area (Å²) in [6.07, 6.45) is 1.65. The Morgan fingerprint density at radius 1 is 1.03 bits per heavy atom. The summed E-state index contributed by atoms with van der Waals surface area (Å²) in [5, 5.41) is 11.3. The van der Waals surface area contributed by atoms with E-state index in [1.54, 1.807) is 29.2 Å². The van der Waals surface area contributed by atoms with Crippen LogP contribution in [0, 0.1) is 0 Å². The van der Waals surface area contributed by atoms with Gasteiger partial charge in [-0.1, -0.05) is 31.2 Å². The molecular weight excluding hydrogens is 456 g/mol. The van der Waals surface area contributed by atoms with Gasteiger partial charge in [-0.25, -0.2) is 0 Å². The summed E-state index contributed by atoms with van der Waals surface area (Å²) in [4.78, 5) is 30.4. The van der Waals surface area contributed by atoms with E-state index < -0.39 is 17.7 Å². The second-order valence-corrected chi connectivity index (χ2v) is 9.59. The van der Waals surface area contributed by atoms with Crippen LogP contribution >= 0.6 is 0 Å². The van der Waals surface area contributed by atoms with Crippen molar-refractivity contribution >= 4 is 17.4 Å². The van der Waals surface area contributed by atoms with Gasteiger partial charge in [-0.15, -0.1) is 0 Å². The Balaban J connectivity index is 1.65. The quantitative estimate of drug-likeness (QED) is 0.321. The van der Waals surface area contributed by atoms with Gasteiger partial charge in [-0.2, -0.15) is 0 Å². The van der Waals surface area contributed by atoms with Gasteiger partial charge in [-0.05, 0) is 62.1 Å². The van der Waals surface area contributed by atoms with E-state index in [9.17, 15) is 14.7 Å². The van der Waals surface area contributed by atoms with Gasteiger partial charge in [-0.3, -0.25) is 14.5 Å². The first-order chi connectivity index (χ1) is 17.4. The van der Waals surface area contributed by atoms with Crippen LogP contribution in [0.1, 0.15) is 49.9 Å². The van der Waals surface area contributed by atoms with Crippen LogP contribution in [0.25, 0.3) is 5.76 Å². The van der Waals surface area contributed by atoms with Crippen molar-refractivity contribution in [3.8, 4) is 5.75 Å². The molecule has 2 aromatic rings. The maximum Gasteiger partial charge on any atom is 0.295 e. The monoisotopic (exact) mass is 492 g/mol. The largest absolute Gasteiger partial charge is 0.507 e. The van der Waals surface area contributed by atoms with Gasteiger partial charge in [0.2, 0.25) is 0 Å². The number of aryl methyl sites for hydroxylation is 1. The van der Waals surface area contributed by atoms with E-state index in [1.807, 2.05) is 38.1 Å². The van der Waals surface area contributed by atoms with Crippen molar-refractivity contribution in [3.05, 3.63) is 70.8 Å². The molecule has 0 radical (unpaired) electrons. The molecule has 0 bridgehead atoms. The third-order valence-corrected chi connectivity index (χ3v) is 6.72. The van der Waals surface area contributed by atoms with Crippen LogP contribution in [0.3, 0.4) is 0 Å². The van der Waals surface area contributed by atoms with Crippen molar-refractivity contribution in [2.75, 3.05) is 39.4 Å². The number of ketones is 1. The van der Waals surface area contributed by atoms with Gasteiger partial charge < -0.3 is 19.5 Å². The predicted octanol–water partition coefficient (Wildman–Crippen LogP) is 4.18. The van der Waals surface area contributed by atoms with E-state index in [2.05, 4.69) is 11.8 Å². The Hall–Kier alpha value is -3.16. The SMILES string of the molecule is CCc1ccc(C2/C(=C(\O)c3ccc(OC(C)C)cc3)C(=O)C(=O)N2CCCN2CCOCC2)cc1. The molecule has 2 saturated heterocycles. The molecule has 7 nitrogen and oxygen atoms in total. The number of aliphatic hydroxyl groups excluding tert-OH is 1. The number of hydrogen-bond acceptors (Lipinski definition) is 6. The molecule has 192 valence electrons. The lowest BCUT2D eigenvalue weighted by Gasteiger charge is -2.29. The molecule has 2 heterocycles. The molecule has 2 aromatic carbocycles. The lowest BCUT2D eigenvalue weighted by atomic mass is 9.94. The fraction of sp³-hybridized carbons (Fsp3) is 0.448. The number of rotatable bonds is 9. The Labute approximate surface area is 213 Å². The number of ether oxygens (including phenoxy) is 2. The lowest BCUT2D eigenvalue weighted by Crippen LogP contribution is -2.38. The molecule has 2 aliphatic rings. The highest BCUT2D eigenvalue weighted by Gasteiger charge is 2.45. The highest BCUT2D eigenvalue weighted by Crippen LogP contribution is 2.39. The van der Waals surface area contributed by atoms with Gasteiger partial charge in [0.25, 0.3) is 11.7 Å². The summed E-state index contributed by atoms with van der Waals surface area (Å²) >= 11 is 0. The number of hydrogen-bond donors (Lipinski definition) is 1. The Kier molecular flexibility index (Phi) is 8.44. The number of carbonyl (C=O) groups excluding carboxylic acids is 2. The molecule has 1 unspecified atom stereocenters. The highest BCUT2D eigenvalue weighted by atomic mass is 16.5. The van der Waals surface area contributed by atoms with Crippen LogP contribution in [0.15, 0.2) is 54.1 Å². The Bertz CT molecular complexity index is 1090. The van der Waals surface area contributed by atoms with E-state index >= 15 is 0 Å². The van der Waals surface area contributed by atoms with Crippen molar-refractivity contribution in [2.24, 2.45) is 0 Å². The molecule has 0 spiro atoms. The number of aliphatic hydroxyl groups is 1. The topological polar surface area (TPSA) is 79.3 Å². The van der Waals surface area contributed by atoms with Gasteiger partial charge >= 0.3 is 0 Å². The zero-order valence-corrected chi connectivity index (χ0v) is 21.4. The number of carbonyl (C=O) groups is 2. The average Bonchev–Trinajstić information content (AvgIpc) is 3.14. The van der Waals surface area contributed by atoms with E-state index in [1.165, 1.54) is 5.56 Å². The number of benzene rings is 2. The molecule has 1 N–H and O–H groups in total. The van der Waals surface area contributed by atoms with Crippen LogP contribution in [0.4, 0.5) is 0 Å². The molecular formula is C29H36N2O5. The third kappa shape index (κ3) is 5.79. The molecule has 0 saturated carbocycles. The fourth-order valence-corrected chi connectivity index (χ4v) is 4.80. The number of morpholine rings is 1. The third-order valence-electron chi connectivity index (χ3n) is 6.72. The first-order valence-corrected chi connectivity index (χ1v) is 12.8. The number of Topliss-reactive ketones (excluding diaryl/α,β-unsaturated/α-hetero) is 1. The second-order valence-electron chi connectivity index (χ2n) is 9.59. The zero-order chi connectivity index (χ0) is 25.7. The van der Waals surface area contributed by atoms with Crippen LogP contribution in [-0.4, -0.2) is 72.1 Å². The summed E-state index contributed by atoms with van der Waals surface area (Å²) in [7, 11) is 0. The molecule has 2 aliphatic heterocycles. The molecule has 0 aliphatic carbocycles. The number of likely N-dealkylation sites (tertiary alicyclic amines) is 1. The summed E-state index contributed by atoms with van der Waals surface area (Å²) in [6.45, 7) is 10.4. The molecule has 1 amide bonds. The summed E-state index contributed by atoms with van der Waals surface area (Å²) in [6, 6.07) is 14.3. The molecule has 2 fully saturated rings. The summed E-state index contributed by atoms with van der Waals surface area (Å²) in [5.74, 6) is -0.699. The summed E-state index contributed by atoms with van der Waals surface area (Å²) < 4.78 is 11.1. The van der Waals surface area contributed by atoms with E-state index in [0.717, 1.165) is 51.3 Å². The smallest absolute Gasteiger partial charge is 0.295 e. The van der Waals surface area contributed by atoms with Crippen LogP contribution in [0.5, 0.6) is 5.75 Å². The highest BCUT2D eigenvalue weighted by molar-refractivity contribution is 6.46. The first kappa shape index (κ1) is 25.9. The first-order valence-electron chi connectivity index (χ1n) is 12.8. The molecule has 36 heavy (non-hydrogen) atoms. The maximum absolute atomic E-state index is 13.3. The van der Waals surface area contributed by atoms with E-state index in [4.69, 9.17) is 9.47 Å². The van der Waals surface area contributed by atoms with E-state index in [0.29, 0.717) is 17.9 Å². The predicted molar refractivity (Wildman–Crippen MR) is 139 cm³/mol. The van der Waals surface area contributed by atoms with Gasteiger partial charge in [0.05, 0.1) is 30.9 Å². The molecule has 7 heteroatoms. The minimum absolute atomic E-state index is 0.0262. The van der Waals surface area contributed by atoms with Gasteiger partial charge in [0, 0.05) is 31.7 Å². The molecule has 1 atom stereocenters. The van der Waals surface area contributed by atoms with Gasteiger partial charge in [0.1, 0.15) is 11.5 Å². The zero-order valence-electron chi connectivity index (χ0n) is 21.4. The van der Waals surface area contributed by atoms with Crippen molar-refractivity contribution in [3.63, 3.8) is 0 Å². The van der Waals surface area contributed by atoms with Crippen molar-refractivity contribution in [1.29, 1.82) is 0 Å². The minimum Gasteiger partial charge on any atom is -0.507 e. The van der Waals surface area contributed by atoms with Crippen molar-refractivity contribution < 1.29 is 24.2 Å². The molecule has 0 aromatic heterocycles. The lowest BCUT2D eigenvalue weighted by molar-refractivity contribution is -0.140. The van der Waals surface area contributed by atoms with Crippen LogP contribution < -0.4 is 4.74 Å². The standard InChI is InChI=1S/C29H36N2O5/c1-4-21-6-8-22(9-7-21)26-25(27(32)23-10-12-24(13-11-23)36-20(2)3)28(33)29(34)31(26)15-5-14-30-16-18-35-19-17-30/h6-13,20,26,32H,4-5,14-19H2,1-3H3/b27-25+. The Morgan fingerprint density at radius 3 is 2.31 bits per heavy atom. The molecule has 4 rings (SSSR count). The van der Waals surface area contributed by atoms with Crippen molar-refractivity contribution in [2.45, 2.75) is 45.8 Å². The minimum atomic E-state index is -0.647. The van der Waals surface area contributed by atoms with Gasteiger partial charge in [0.15, 0.2) is 0 Å².